The number of aromatic nitrogens is 5. The van der Waals surface area contributed by atoms with Gasteiger partial charge in [0.05, 0.1) is 16.7 Å². The average Bonchev–Trinajstić information content (AvgIpc) is 3.52. The molecule has 4 aromatic rings. The van der Waals surface area contributed by atoms with Crippen molar-refractivity contribution in [2.75, 3.05) is 5.32 Å². The van der Waals surface area contributed by atoms with Crippen molar-refractivity contribution in [1.82, 2.24) is 29.6 Å². The zero-order valence-electron chi connectivity index (χ0n) is 20.2. The highest BCUT2D eigenvalue weighted by Gasteiger charge is 2.30. The predicted molar refractivity (Wildman–Crippen MR) is 133 cm³/mol. The molecule has 36 heavy (non-hydrogen) atoms. The molecule has 0 saturated heterocycles. The molecule has 186 valence electrons. The second kappa shape index (κ2) is 9.88. The third-order valence-corrected chi connectivity index (χ3v) is 6.55. The monoisotopic (exact) mass is 489 g/mol. The van der Waals surface area contributed by atoms with Crippen LogP contribution in [0.3, 0.4) is 0 Å². The summed E-state index contributed by atoms with van der Waals surface area (Å²) >= 11 is 0. The van der Waals surface area contributed by atoms with E-state index in [9.17, 15) is 14.0 Å². The van der Waals surface area contributed by atoms with E-state index in [-0.39, 0.29) is 29.8 Å². The first-order chi connectivity index (χ1) is 17.4. The normalized spacial score (nSPS) is 17.9. The topological polar surface area (TPSA) is 107 Å². The van der Waals surface area contributed by atoms with E-state index in [4.69, 9.17) is 4.98 Å². The maximum absolute atomic E-state index is 13.3. The van der Waals surface area contributed by atoms with Gasteiger partial charge in [-0.05, 0) is 82.0 Å². The zero-order chi connectivity index (χ0) is 25.2. The van der Waals surface area contributed by atoms with Crippen molar-refractivity contribution in [3.63, 3.8) is 0 Å². The van der Waals surface area contributed by atoms with Gasteiger partial charge in [0.1, 0.15) is 18.5 Å². The lowest BCUT2D eigenvalue weighted by Gasteiger charge is -2.30. The van der Waals surface area contributed by atoms with Gasteiger partial charge in [0, 0.05) is 23.6 Å². The lowest BCUT2D eigenvalue weighted by atomic mass is 9.85. The molecule has 2 aromatic heterocycles. The quantitative estimate of drug-likeness (QED) is 0.421. The lowest BCUT2D eigenvalue weighted by Crippen LogP contribution is -2.37. The summed E-state index contributed by atoms with van der Waals surface area (Å²) in [4.78, 5) is 34.3. The van der Waals surface area contributed by atoms with E-state index < -0.39 is 5.82 Å². The first kappa shape index (κ1) is 23.7. The number of anilines is 1. The lowest BCUT2D eigenvalue weighted by molar-refractivity contribution is -0.126. The van der Waals surface area contributed by atoms with Gasteiger partial charge in [-0.15, -0.1) is 0 Å². The Balaban J connectivity index is 1.48. The maximum atomic E-state index is 13.3. The smallest absolute Gasteiger partial charge is 0.257 e. The average molecular weight is 490 g/mol. The van der Waals surface area contributed by atoms with E-state index in [1.54, 1.807) is 11.0 Å². The summed E-state index contributed by atoms with van der Waals surface area (Å²) in [6, 6.07) is 11.3. The molecule has 1 saturated carbocycles. The number of nitrogens with one attached hydrogen (secondary N) is 2. The molecule has 0 aliphatic heterocycles. The Morgan fingerprint density at radius 2 is 1.81 bits per heavy atom. The Morgan fingerprint density at radius 1 is 1.06 bits per heavy atom. The summed E-state index contributed by atoms with van der Waals surface area (Å²) in [5.41, 5.74) is 2.75. The van der Waals surface area contributed by atoms with Crippen LogP contribution in [0.2, 0.25) is 0 Å². The highest BCUT2D eigenvalue weighted by atomic mass is 19.1. The van der Waals surface area contributed by atoms with Crippen LogP contribution in [0.4, 0.5) is 10.3 Å². The van der Waals surface area contributed by atoms with Gasteiger partial charge in [0.2, 0.25) is 11.9 Å². The van der Waals surface area contributed by atoms with Gasteiger partial charge in [-0.2, -0.15) is 5.10 Å². The molecule has 0 spiro atoms. The summed E-state index contributed by atoms with van der Waals surface area (Å²) in [6.07, 6.45) is 6.13. The SMILES string of the molecule is CC(C)NC(=O)C1CCC(n2c(NC(=O)c3ccc(F)cc3)nc3ccc(-n4cncn4)cc32)CC1. The Morgan fingerprint density at radius 3 is 2.47 bits per heavy atom. The standard InChI is InChI=1S/C26H28FN7O2/c1-16(2)30-24(35)18-5-9-20(10-6-18)34-23-13-21(33-15-28-14-29-33)11-12-22(23)31-26(34)32-25(36)17-3-7-19(27)8-4-17/h3-4,7-8,11-16,18,20H,5-6,9-10H2,1-2H3,(H,30,35)(H,31,32,36). The molecule has 0 bridgehead atoms. The first-order valence-corrected chi connectivity index (χ1v) is 12.1. The summed E-state index contributed by atoms with van der Waals surface area (Å²) in [5, 5.41) is 10.2. The second-order valence-corrected chi connectivity index (χ2v) is 9.45. The number of amides is 2. The number of imidazole rings is 1. The van der Waals surface area contributed by atoms with Crippen LogP contribution >= 0.6 is 0 Å². The fraction of sp³-hybridized carbons (Fsp3) is 0.346. The van der Waals surface area contributed by atoms with Crippen LogP contribution in [-0.4, -0.2) is 42.2 Å². The summed E-state index contributed by atoms with van der Waals surface area (Å²) in [5.74, 6) is -0.283. The number of fused-ring (bicyclic) bond motifs is 1. The summed E-state index contributed by atoms with van der Waals surface area (Å²) in [7, 11) is 0. The van der Waals surface area contributed by atoms with Crippen molar-refractivity contribution < 1.29 is 14.0 Å². The first-order valence-electron chi connectivity index (χ1n) is 12.1. The maximum Gasteiger partial charge on any atom is 0.257 e. The van der Waals surface area contributed by atoms with E-state index in [0.717, 1.165) is 42.4 Å². The van der Waals surface area contributed by atoms with Crippen LogP contribution in [0, 0.1) is 11.7 Å². The Kier molecular flexibility index (Phi) is 6.49. The molecule has 2 aromatic carbocycles. The van der Waals surface area contributed by atoms with E-state index in [1.165, 1.54) is 30.6 Å². The van der Waals surface area contributed by atoms with Gasteiger partial charge < -0.3 is 9.88 Å². The van der Waals surface area contributed by atoms with E-state index >= 15 is 0 Å². The van der Waals surface area contributed by atoms with Crippen LogP contribution in [0.25, 0.3) is 16.7 Å². The number of carbonyl (C=O) groups excluding carboxylic acids is 2. The minimum Gasteiger partial charge on any atom is -0.354 e. The van der Waals surface area contributed by atoms with Gasteiger partial charge in [-0.3, -0.25) is 14.9 Å². The molecule has 10 heteroatoms. The molecule has 2 amide bonds. The van der Waals surface area contributed by atoms with Crippen molar-refractivity contribution in [3.8, 4) is 5.69 Å². The van der Waals surface area contributed by atoms with E-state index in [0.29, 0.717) is 11.5 Å². The zero-order valence-corrected chi connectivity index (χ0v) is 20.2. The number of benzene rings is 2. The van der Waals surface area contributed by atoms with Gasteiger partial charge >= 0.3 is 0 Å². The number of halogens is 1. The third kappa shape index (κ3) is 4.84. The summed E-state index contributed by atoms with van der Waals surface area (Å²) in [6.45, 7) is 3.92. The minimum absolute atomic E-state index is 0.0265. The molecule has 0 radical (unpaired) electrons. The Hall–Kier alpha value is -4.08. The largest absolute Gasteiger partial charge is 0.354 e. The fourth-order valence-corrected chi connectivity index (χ4v) is 4.80. The molecule has 1 aliphatic rings. The fourth-order valence-electron chi connectivity index (χ4n) is 4.80. The van der Waals surface area contributed by atoms with Gasteiger partial charge in [-0.25, -0.2) is 19.0 Å². The van der Waals surface area contributed by atoms with Crippen LogP contribution in [-0.2, 0) is 4.79 Å². The van der Waals surface area contributed by atoms with Crippen LogP contribution in [0.1, 0.15) is 55.9 Å². The molecule has 1 fully saturated rings. The molecule has 0 atom stereocenters. The molecule has 9 nitrogen and oxygen atoms in total. The molecular formula is C26H28FN7O2. The highest BCUT2D eigenvalue weighted by molar-refractivity contribution is 6.04. The third-order valence-electron chi connectivity index (χ3n) is 6.55. The van der Waals surface area contributed by atoms with E-state index in [1.807, 2.05) is 36.6 Å². The van der Waals surface area contributed by atoms with Gasteiger partial charge in [0.15, 0.2) is 0 Å². The van der Waals surface area contributed by atoms with Gasteiger partial charge in [-0.1, -0.05) is 0 Å². The highest BCUT2D eigenvalue weighted by Crippen LogP contribution is 2.37. The van der Waals surface area contributed by atoms with Crippen LogP contribution in [0.15, 0.2) is 55.1 Å². The number of carbonyl (C=O) groups is 2. The van der Waals surface area contributed by atoms with Crippen molar-refractivity contribution in [2.45, 2.75) is 51.6 Å². The predicted octanol–water partition coefficient (Wildman–Crippen LogP) is 4.26. The van der Waals surface area contributed by atoms with Crippen LogP contribution < -0.4 is 10.6 Å². The van der Waals surface area contributed by atoms with Crippen LogP contribution in [0.5, 0.6) is 0 Å². The molecular weight excluding hydrogens is 461 g/mol. The van der Waals surface area contributed by atoms with Crippen molar-refractivity contribution in [3.05, 3.63) is 66.5 Å². The van der Waals surface area contributed by atoms with E-state index in [2.05, 4.69) is 20.7 Å². The number of hydrogen-bond donors (Lipinski definition) is 2. The molecule has 5 rings (SSSR count). The van der Waals surface area contributed by atoms with Crippen molar-refractivity contribution in [2.24, 2.45) is 5.92 Å². The molecule has 0 unspecified atom stereocenters. The van der Waals surface area contributed by atoms with Gasteiger partial charge in [0.25, 0.3) is 5.91 Å². The number of hydrogen-bond acceptors (Lipinski definition) is 5. The van der Waals surface area contributed by atoms with Crippen molar-refractivity contribution >= 4 is 28.8 Å². The number of nitrogens with zero attached hydrogens (tertiary/aromatic N) is 5. The second-order valence-electron chi connectivity index (χ2n) is 9.45. The number of rotatable bonds is 6. The summed E-state index contributed by atoms with van der Waals surface area (Å²) < 4.78 is 17.1. The molecule has 1 aliphatic carbocycles. The molecule has 2 heterocycles. The Labute approximate surface area is 207 Å². The molecule has 2 N–H and O–H groups in total. The minimum atomic E-state index is -0.405. The Bertz CT molecular complexity index is 1370. The van der Waals surface area contributed by atoms with Crippen molar-refractivity contribution in [1.29, 1.82) is 0 Å².